The van der Waals surface area contributed by atoms with Gasteiger partial charge in [-0.15, -0.1) is 0 Å². The van der Waals surface area contributed by atoms with E-state index in [1.165, 1.54) is 12.1 Å². The van der Waals surface area contributed by atoms with Crippen molar-refractivity contribution in [2.24, 2.45) is 0 Å². The third-order valence-electron chi connectivity index (χ3n) is 3.60. The topological polar surface area (TPSA) is 66.7 Å². The van der Waals surface area contributed by atoms with E-state index in [2.05, 4.69) is 18.7 Å². The number of carbonyl (C=O) groups excluding carboxylic acids is 1. The van der Waals surface area contributed by atoms with Crippen molar-refractivity contribution in [1.29, 1.82) is 0 Å². The lowest BCUT2D eigenvalue weighted by Crippen LogP contribution is -2.51. The Morgan fingerprint density at radius 2 is 1.90 bits per heavy atom. The first kappa shape index (κ1) is 14.5. The van der Waals surface area contributed by atoms with Gasteiger partial charge in [-0.3, -0.25) is 19.8 Å². The van der Waals surface area contributed by atoms with E-state index in [4.69, 9.17) is 0 Å². The molecular formula is C14H19N3O3. The second kappa shape index (κ2) is 6.00. The van der Waals surface area contributed by atoms with Crippen molar-refractivity contribution in [1.82, 2.24) is 9.80 Å². The molecule has 0 radical (unpaired) electrons. The summed E-state index contributed by atoms with van der Waals surface area (Å²) in [4.78, 5) is 26.2. The van der Waals surface area contributed by atoms with Crippen LogP contribution in [0.2, 0.25) is 0 Å². The number of nitro benzene ring substituents is 1. The van der Waals surface area contributed by atoms with E-state index >= 15 is 0 Å². The molecule has 0 aliphatic carbocycles. The SMILES string of the molecule is CC(C)N1CCN(Cc2ccc([N+](=O)[O-])cc2)C(=O)C1. The number of nitro groups is 1. The lowest BCUT2D eigenvalue weighted by atomic mass is 10.1. The standard InChI is InChI=1S/C14H19N3O3/c1-11(2)15-7-8-16(14(18)10-15)9-12-3-5-13(6-4-12)17(19)20/h3-6,11H,7-10H2,1-2H3. The molecule has 1 heterocycles. The summed E-state index contributed by atoms with van der Waals surface area (Å²) in [6.45, 7) is 6.70. The molecule has 0 aromatic heterocycles. The van der Waals surface area contributed by atoms with Crippen LogP contribution < -0.4 is 0 Å². The van der Waals surface area contributed by atoms with E-state index in [1.54, 1.807) is 17.0 Å². The summed E-state index contributed by atoms with van der Waals surface area (Å²) in [6.07, 6.45) is 0. The Labute approximate surface area is 118 Å². The molecule has 1 amide bonds. The molecule has 1 aliphatic rings. The molecule has 0 bridgehead atoms. The van der Waals surface area contributed by atoms with E-state index in [0.717, 1.165) is 12.1 Å². The van der Waals surface area contributed by atoms with Gasteiger partial charge in [0.1, 0.15) is 0 Å². The van der Waals surface area contributed by atoms with E-state index in [0.29, 0.717) is 25.7 Å². The first-order chi connectivity index (χ1) is 9.47. The van der Waals surface area contributed by atoms with Crippen LogP contribution in [0.4, 0.5) is 5.69 Å². The molecule has 1 saturated heterocycles. The highest BCUT2D eigenvalue weighted by Gasteiger charge is 2.25. The van der Waals surface area contributed by atoms with Crippen LogP contribution in [0.25, 0.3) is 0 Å². The summed E-state index contributed by atoms with van der Waals surface area (Å²) in [5, 5.41) is 10.6. The quantitative estimate of drug-likeness (QED) is 0.620. The number of nitrogens with zero attached hydrogens (tertiary/aromatic N) is 3. The molecule has 1 aromatic rings. The van der Waals surface area contributed by atoms with Crippen molar-refractivity contribution in [3.8, 4) is 0 Å². The molecule has 6 nitrogen and oxygen atoms in total. The van der Waals surface area contributed by atoms with E-state index in [9.17, 15) is 14.9 Å². The fraction of sp³-hybridized carbons (Fsp3) is 0.500. The van der Waals surface area contributed by atoms with Crippen molar-refractivity contribution in [2.45, 2.75) is 26.4 Å². The number of piperazine rings is 1. The molecule has 0 spiro atoms. The van der Waals surface area contributed by atoms with Crippen LogP contribution in [0.5, 0.6) is 0 Å². The number of amides is 1. The molecule has 0 saturated carbocycles. The second-order valence-electron chi connectivity index (χ2n) is 5.30. The molecule has 108 valence electrons. The minimum Gasteiger partial charge on any atom is -0.336 e. The maximum absolute atomic E-state index is 12.1. The maximum atomic E-state index is 12.1. The summed E-state index contributed by atoms with van der Waals surface area (Å²) in [5.41, 5.74) is 0.992. The van der Waals surface area contributed by atoms with Crippen LogP contribution in [-0.4, -0.2) is 46.3 Å². The fourth-order valence-electron chi connectivity index (χ4n) is 2.28. The monoisotopic (exact) mass is 277 g/mol. The number of hydrogen-bond acceptors (Lipinski definition) is 4. The van der Waals surface area contributed by atoms with Crippen molar-refractivity contribution >= 4 is 11.6 Å². The van der Waals surface area contributed by atoms with Crippen molar-refractivity contribution in [3.63, 3.8) is 0 Å². The van der Waals surface area contributed by atoms with Gasteiger partial charge in [0, 0.05) is 37.8 Å². The zero-order valence-corrected chi connectivity index (χ0v) is 11.8. The molecule has 1 fully saturated rings. The predicted molar refractivity (Wildman–Crippen MR) is 75.2 cm³/mol. The predicted octanol–water partition coefficient (Wildman–Crippen LogP) is 1.65. The third-order valence-corrected chi connectivity index (χ3v) is 3.60. The molecule has 2 rings (SSSR count). The normalized spacial score (nSPS) is 16.8. The lowest BCUT2D eigenvalue weighted by Gasteiger charge is -2.36. The van der Waals surface area contributed by atoms with Gasteiger partial charge in [0.05, 0.1) is 11.5 Å². The molecule has 1 aromatic carbocycles. The van der Waals surface area contributed by atoms with Gasteiger partial charge in [-0.2, -0.15) is 0 Å². The van der Waals surface area contributed by atoms with Crippen LogP contribution in [-0.2, 0) is 11.3 Å². The number of benzene rings is 1. The Hall–Kier alpha value is -1.95. The minimum absolute atomic E-state index is 0.0738. The van der Waals surface area contributed by atoms with Gasteiger partial charge in [-0.1, -0.05) is 12.1 Å². The van der Waals surface area contributed by atoms with E-state index < -0.39 is 4.92 Å². The minimum atomic E-state index is -0.420. The highest BCUT2D eigenvalue weighted by molar-refractivity contribution is 5.79. The maximum Gasteiger partial charge on any atom is 0.269 e. The van der Waals surface area contributed by atoms with Crippen molar-refractivity contribution in [2.75, 3.05) is 19.6 Å². The van der Waals surface area contributed by atoms with Gasteiger partial charge in [-0.05, 0) is 19.4 Å². The summed E-state index contributed by atoms with van der Waals surface area (Å²) in [6, 6.07) is 6.75. The Bertz CT molecular complexity index is 499. The molecule has 0 atom stereocenters. The van der Waals surface area contributed by atoms with Crippen LogP contribution in [0.1, 0.15) is 19.4 Å². The van der Waals surface area contributed by atoms with Crippen molar-refractivity contribution in [3.05, 3.63) is 39.9 Å². The van der Waals surface area contributed by atoms with Gasteiger partial charge in [0.2, 0.25) is 5.91 Å². The first-order valence-corrected chi connectivity index (χ1v) is 6.72. The Morgan fingerprint density at radius 1 is 1.25 bits per heavy atom. The third kappa shape index (κ3) is 3.33. The molecule has 0 N–H and O–H groups in total. The highest BCUT2D eigenvalue weighted by Crippen LogP contribution is 2.15. The molecule has 20 heavy (non-hydrogen) atoms. The zero-order chi connectivity index (χ0) is 14.7. The number of hydrogen-bond donors (Lipinski definition) is 0. The average Bonchev–Trinajstić information content (AvgIpc) is 2.41. The first-order valence-electron chi connectivity index (χ1n) is 6.72. The smallest absolute Gasteiger partial charge is 0.269 e. The highest BCUT2D eigenvalue weighted by atomic mass is 16.6. The van der Waals surface area contributed by atoms with Crippen molar-refractivity contribution < 1.29 is 9.72 Å². The summed E-state index contributed by atoms with van der Waals surface area (Å²) < 4.78 is 0. The van der Waals surface area contributed by atoms with Gasteiger partial charge < -0.3 is 4.90 Å². The number of carbonyl (C=O) groups is 1. The van der Waals surface area contributed by atoms with E-state index in [-0.39, 0.29) is 11.6 Å². The van der Waals surface area contributed by atoms with Gasteiger partial charge in [0.25, 0.3) is 5.69 Å². The van der Waals surface area contributed by atoms with Crippen LogP contribution in [0, 0.1) is 10.1 Å². The summed E-state index contributed by atoms with van der Waals surface area (Å²) >= 11 is 0. The van der Waals surface area contributed by atoms with Crippen LogP contribution >= 0.6 is 0 Å². The Balaban J connectivity index is 1.97. The molecule has 0 unspecified atom stereocenters. The molecular weight excluding hydrogens is 258 g/mol. The number of rotatable bonds is 4. The lowest BCUT2D eigenvalue weighted by molar-refractivity contribution is -0.384. The molecule has 1 aliphatic heterocycles. The van der Waals surface area contributed by atoms with E-state index in [1.807, 2.05) is 0 Å². The van der Waals surface area contributed by atoms with Crippen LogP contribution in [0.15, 0.2) is 24.3 Å². The summed E-state index contributed by atoms with van der Waals surface area (Å²) in [5.74, 6) is 0.114. The second-order valence-corrected chi connectivity index (χ2v) is 5.30. The fourth-order valence-corrected chi connectivity index (χ4v) is 2.28. The zero-order valence-electron chi connectivity index (χ0n) is 11.8. The van der Waals surface area contributed by atoms with Gasteiger partial charge >= 0.3 is 0 Å². The summed E-state index contributed by atoms with van der Waals surface area (Å²) in [7, 11) is 0. The van der Waals surface area contributed by atoms with Gasteiger partial charge in [-0.25, -0.2) is 0 Å². The average molecular weight is 277 g/mol. The van der Waals surface area contributed by atoms with Crippen LogP contribution in [0.3, 0.4) is 0 Å². The number of non-ortho nitro benzene ring substituents is 1. The Kier molecular flexibility index (Phi) is 4.34. The Morgan fingerprint density at radius 3 is 2.40 bits per heavy atom. The molecule has 6 heteroatoms. The largest absolute Gasteiger partial charge is 0.336 e. The van der Waals surface area contributed by atoms with Gasteiger partial charge in [0.15, 0.2) is 0 Å².